The molecule has 0 unspecified atom stereocenters. The zero-order valence-corrected chi connectivity index (χ0v) is 22.0. The molecule has 2 aliphatic heterocycles. The quantitative estimate of drug-likeness (QED) is 0.270. The Balaban J connectivity index is 1.05. The normalized spacial score (nSPS) is 14.3. The fourth-order valence-corrected chi connectivity index (χ4v) is 5.39. The lowest BCUT2D eigenvalue weighted by Gasteiger charge is -2.28. The molecule has 0 aliphatic carbocycles. The fourth-order valence-electron chi connectivity index (χ4n) is 4.69. The number of morpholine rings is 1. The van der Waals surface area contributed by atoms with Crippen LogP contribution in [0.15, 0.2) is 83.9 Å². The molecule has 7 nitrogen and oxygen atoms in total. The summed E-state index contributed by atoms with van der Waals surface area (Å²) in [7, 11) is 0. The van der Waals surface area contributed by atoms with Crippen LogP contribution >= 0.6 is 11.3 Å². The van der Waals surface area contributed by atoms with Crippen LogP contribution in [0.25, 0.3) is 4.85 Å². The van der Waals surface area contributed by atoms with E-state index in [0.29, 0.717) is 23.6 Å². The van der Waals surface area contributed by atoms with Gasteiger partial charge in [0.1, 0.15) is 12.4 Å². The summed E-state index contributed by atoms with van der Waals surface area (Å²) in [5.74, 6) is 0.640. The number of hydrogen-bond acceptors (Lipinski definition) is 6. The van der Waals surface area contributed by atoms with Crippen LogP contribution in [-0.4, -0.2) is 37.9 Å². The Morgan fingerprint density at radius 2 is 1.82 bits per heavy atom. The molecule has 0 bridgehead atoms. The number of amides is 1. The van der Waals surface area contributed by atoms with E-state index in [-0.39, 0.29) is 5.91 Å². The maximum absolute atomic E-state index is 12.8. The third kappa shape index (κ3) is 5.70. The molecule has 6 rings (SSSR count). The number of rotatable bonds is 7. The molecule has 1 amide bonds. The van der Waals surface area contributed by atoms with Gasteiger partial charge in [0.25, 0.3) is 5.91 Å². The van der Waals surface area contributed by atoms with E-state index in [2.05, 4.69) is 15.1 Å². The second-order valence-corrected chi connectivity index (χ2v) is 10.5. The maximum atomic E-state index is 12.8. The smallest absolute Gasteiger partial charge is 0.255 e. The van der Waals surface area contributed by atoms with Gasteiger partial charge in [-0.15, -0.1) is 0 Å². The van der Waals surface area contributed by atoms with Gasteiger partial charge in [-0.1, -0.05) is 18.2 Å². The molecule has 0 saturated carbocycles. The van der Waals surface area contributed by atoms with Gasteiger partial charge < -0.3 is 19.7 Å². The van der Waals surface area contributed by atoms with Crippen LogP contribution in [0, 0.1) is 6.57 Å². The molecular formula is C31H26N4O3S. The van der Waals surface area contributed by atoms with E-state index in [1.807, 2.05) is 78.9 Å². The zero-order valence-electron chi connectivity index (χ0n) is 21.2. The summed E-state index contributed by atoms with van der Waals surface area (Å²) in [6.07, 6.45) is 0.703. The summed E-state index contributed by atoms with van der Waals surface area (Å²) in [6.45, 7) is 10.8. The van der Waals surface area contributed by atoms with Crippen molar-refractivity contribution in [3.63, 3.8) is 0 Å². The largest absolute Gasteiger partial charge is 0.488 e. The Morgan fingerprint density at radius 1 is 1.03 bits per heavy atom. The van der Waals surface area contributed by atoms with E-state index in [4.69, 9.17) is 21.0 Å². The van der Waals surface area contributed by atoms with E-state index in [1.54, 1.807) is 0 Å². The zero-order chi connectivity index (χ0) is 26.6. The molecule has 3 heterocycles. The molecule has 1 saturated heterocycles. The topological polar surface area (TPSA) is 67.5 Å². The van der Waals surface area contributed by atoms with Crippen molar-refractivity contribution in [2.24, 2.45) is 4.99 Å². The van der Waals surface area contributed by atoms with Gasteiger partial charge in [-0.2, -0.15) is 11.3 Å². The predicted octanol–water partition coefficient (Wildman–Crippen LogP) is 6.64. The van der Waals surface area contributed by atoms with Gasteiger partial charge in [-0.05, 0) is 71.8 Å². The number of ether oxygens (including phenoxy) is 2. The number of benzene rings is 3. The summed E-state index contributed by atoms with van der Waals surface area (Å²) in [4.78, 5) is 24.4. The SMILES string of the molecule is [C-]#[N+]c1ccc(COc2ccc3c(c2)CC(c2ccc(C(=O)Nc4ccc(N5CCOCC5)cc4)cc2)=N3)s1. The first-order valence-electron chi connectivity index (χ1n) is 12.8. The molecule has 1 aromatic heterocycles. The van der Waals surface area contributed by atoms with Crippen LogP contribution in [0.5, 0.6) is 5.75 Å². The van der Waals surface area contributed by atoms with Gasteiger partial charge in [0.15, 0.2) is 0 Å². The Kier molecular flexibility index (Phi) is 7.09. The van der Waals surface area contributed by atoms with Crippen LogP contribution in [0.3, 0.4) is 0 Å². The minimum Gasteiger partial charge on any atom is -0.488 e. The summed E-state index contributed by atoms with van der Waals surface area (Å²) in [5, 5.41) is 3.65. The highest BCUT2D eigenvalue weighted by atomic mass is 32.1. The molecule has 1 fully saturated rings. The highest BCUT2D eigenvalue weighted by Crippen LogP contribution is 2.33. The number of fused-ring (bicyclic) bond motifs is 1. The second-order valence-electron chi connectivity index (χ2n) is 9.34. The van der Waals surface area contributed by atoms with Crippen molar-refractivity contribution in [2.45, 2.75) is 13.0 Å². The minimum absolute atomic E-state index is 0.145. The van der Waals surface area contributed by atoms with E-state index < -0.39 is 0 Å². The highest BCUT2D eigenvalue weighted by Gasteiger charge is 2.18. The number of thiophene rings is 1. The first-order chi connectivity index (χ1) is 19.1. The van der Waals surface area contributed by atoms with Gasteiger partial charge in [0.2, 0.25) is 5.00 Å². The van der Waals surface area contributed by atoms with Gasteiger partial charge in [-0.3, -0.25) is 9.79 Å². The summed E-state index contributed by atoms with van der Waals surface area (Å²) < 4.78 is 11.4. The Morgan fingerprint density at radius 3 is 2.56 bits per heavy atom. The average Bonchev–Trinajstić information content (AvgIpc) is 3.64. The van der Waals surface area contributed by atoms with Crippen molar-refractivity contribution in [3.05, 3.63) is 112 Å². The number of carbonyl (C=O) groups excluding carboxylic acids is 1. The van der Waals surface area contributed by atoms with Crippen molar-refractivity contribution in [3.8, 4) is 5.75 Å². The van der Waals surface area contributed by atoms with E-state index in [1.165, 1.54) is 11.3 Å². The van der Waals surface area contributed by atoms with Crippen LogP contribution in [0.4, 0.5) is 22.1 Å². The number of carbonyl (C=O) groups is 1. The number of nitrogens with zero attached hydrogens (tertiary/aromatic N) is 3. The summed E-state index contributed by atoms with van der Waals surface area (Å²) >= 11 is 1.45. The summed E-state index contributed by atoms with van der Waals surface area (Å²) in [5.41, 5.74) is 6.50. The second kappa shape index (κ2) is 11.1. The molecule has 2 aliphatic rings. The van der Waals surface area contributed by atoms with Crippen LogP contribution < -0.4 is 15.0 Å². The molecule has 0 atom stereocenters. The first-order valence-corrected chi connectivity index (χ1v) is 13.6. The van der Waals surface area contributed by atoms with Crippen LogP contribution in [-0.2, 0) is 17.8 Å². The monoisotopic (exact) mass is 534 g/mol. The molecule has 8 heteroatoms. The molecule has 3 aromatic carbocycles. The van der Waals surface area contributed by atoms with E-state index >= 15 is 0 Å². The van der Waals surface area contributed by atoms with Gasteiger partial charge in [-0.25, -0.2) is 4.85 Å². The number of aliphatic imine (C=N–C) groups is 1. The highest BCUT2D eigenvalue weighted by molar-refractivity contribution is 7.16. The van der Waals surface area contributed by atoms with Crippen molar-refractivity contribution in [1.29, 1.82) is 0 Å². The first kappa shape index (κ1) is 24.9. The third-order valence-corrected chi connectivity index (χ3v) is 7.74. The van der Waals surface area contributed by atoms with E-state index in [9.17, 15) is 4.79 Å². The average molecular weight is 535 g/mol. The molecule has 1 N–H and O–H groups in total. The maximum Gasteiger partial charge on any atom is 0.255 e. The van der Waals surface area contributed by atoms with Gasteiger partial charge >= 0.3 is 0 Å². The summed E-state index contributed by atoms with van der Waals surface area (Å²) in [6, 6.07) is 25.2. The molecule has 0 radical (unpaired) electrons. The molecule has 194 valence electrons. The third-order valence-electron chi connectivity index (χ3n) is 6.78. The molecule has 39 heavy (non-hydrogen) atoms. The van der Waals surface area contributed by atoms with Crippen molar-refractivity contribution < 1.29 is 14.3 Å². The fraction of sp³-hybridized carbons (Fsp3) is 0.194. The number of anilines is 2. The predicted molar refractivity (Wildman–Crippen MR) is 155 cm³/mol. The van der Waals surface area contributed by atoms with Gasteiger partial charge in [0, 0.05) is 41.3 Å². The lowest BCUT2D eigenvalue weighted by atomic mass is 10.0. The molecular weight excluding hydrogens is 508 g/mol. The van der Waals surface area contributed by atoms with E-state index in [0.717, 1.165) is 70.8 Å². The van der Waals surface area contributed by atoms with Crippen molar-refractivity contribution >= 4 is 45.0 Å². The molecule has 0 spiro atoms. The van der Waals surface area contributed by atoms with Crippen molar-refractivity contribution in [1.82, 2.24) is 0 Å². The Bertz CT molecular complexity index is 1560. The Labute approximate surface area is 231 Å². The molecule has 4 aromatic rings. The van der Waals surface area contributed by atoms with Gasteiger partial charge in [0.05, 0.1) is 31.2 Å². The number of nitrogens with one attached hydrogen (secondary N) is 1. The van der Waals surface area contributed by atoms with Crippen LogP contribution in [0.2, 0.25) is 0 Å². The minimum atomic E-state index is -0.145. The van der Waals surface area contributed by atoms with Crippen molar-refractivity contribution in [2.75, 3.05) is 36.5 Å². The van der Waals surface area contributed by atoms with Crippen LogP contribution in [0.1, 0.15) is 26.4 Å². The Hall–Kier alpha value is -4.45. The lowest BCUT2D eigenvalue weighted by molar-refractivity contribution is 0.102. The number of hydrogen-bond donors (Lipinski definition) is 1. The lowest BCUT2D eigenvalue weighted by Crippen LogP contribution is -2.36. The standard InChI is InChI=1S/C31H26N4O3S/c1-32-30-13-11-27(39-30)20-38-26-10-12-28-23(18-26)19-29(34-28)21-2-4-22(5-3-21)31(36)33-24-6-8-25(9-7-24)35-14-16-37-17-15-35/h2-13,18H,14-17,19-20H2,(H,33,36).